The summed E-state index contributed by atoms with van der Waals surface area (Å²) < 4.78 is 50.8. The van der Waals surface area contributed by atoms with Gasteiger partial charge in [0.2, 0.25) is 0 Å². The molecule has 0 radical (unpaired) electrons. The van der Waals surface area contributed by atoms with Gasteiger partial charge in [0, 0.05) is 23.1 Å². The first-order valence-electron chi connectivity index (χ1n) is 9.60. The van der Waals surface area contributed by atoms with Gasteiger partial charge in [0.05, 0.1) is 23.9 Å². The highest BCUT2D eigenvalue weighted by molar-refractivity contribution is 6.16. The SMILES string of the molecule is COc1cc2c(c3c1OC(C)(C)C3)C(c1ccc(C(F)(F)F)cc1)=NC(C)(C)C2.Cl. The zero-order valence-corrected chi connectivity index (χ0v) is 18.4. The molecule has 0 fully saturated rings. The molecule has 0 aromatic heterocycles. The fraction of sp³-hybridized carbons (Fsp3) is 0.435. The Bertz CT molecular complexity index is 1010. The second kappa shape index (κ2) is 7.19. The highest BCUT2D eigenvalue weighted by atomic mass is 35.5. The van der Waals surface area contributed by atoms with E-state index in [9.17, 15) is 13.2 Å². The van der Waals surface area contributed by atoms with Crippen LogP contribution in [0.5, 0.6) is 11.5 Å². The lowest BCUT2D eigenvalue weighted by Crippen LogP contribution is -2.30. The minimum atomic E-state index is -4.36. The van der Waals surface area contributed by atoms with Gasteiger partial charge in [0.15, 0.2) is 11.5 Å². The Labute approximate surface area is 180 Å². The maximum Gasteiger partial charge on any atom is 0.416 e. The van der Waals surface area contributed by atoms with Gasteiger partial charge in [-0.1, -0.05) is 12.1 Å². The van der Waals surface area contributed by atoms with E-state index in [-0.39, 0.29) is 23.5 Å². The Morgan fingerprint density at radius 2 is 1.67 bits per heavy atom. The molecule has 4 rings (SSSR count). The molecular formula is C23H25ClF3NO2. The van der Waals surface area contributed by atoms with Crippen molar-refractivity contribution < 1.29 is 22.6 Å². The van der Waals surface area contributed by atoms with E-state index in [0.717, 1.165) is 35.2 Å². The number of fused-ring (bicyclic) bond motifs is 3. The number of methoxy groups -OCH3 is 1. The second-order valence-corrected chi connectivity index (χ2v) is 8.98. The number of halogens is 4. The van der Waals surface area contributed by atoms with Crippen molar-refractivity contribution in [1.82, 2.24) is 0 Å². The summed E-state index contributed by atoms with van der Waals surface area (Å²) >= 11 is 0. The molecule has 2 aliphatic rings. The quantitative estimate of drug-likeness (QED) is 0.572. The molecule has 0 amide bonds. The molecule has 2 heterocycles. The Hall–Kier alpha value is -2.21. The van der Waals surface area contributed by atoms with E-state index in [1.807, 2.05) is 33.8 Å². The third-order valence-electron chi connectivity index (χ3n) is 5.39. The molecular weight excluding hydrogens is 415 g/mol. The van der Waals surface area contributed by atoms with Crippen LogP contribution < -0.4 is 9.47 Å². The zero-order chi connectivity index (χ0) is 21.2. The molecule has 7 heteroatoms. The third-order valence-corrected chi connectivity index (χ3v) is 5.39. The minimum absolute atomic E-state index is 0. The number of aliphatic imine (C=N–C) groups is 1. The van der Waals surface area contributed by atoms with Crippen LogP contribution >= 0.6 is 12.4 Å². The molecule has 0 aliphatic carbocycles. The number of nitrogens with zero attached hydrogens (tertiary/aromatic N) is 1. The van der Waals surface area contributed by atoms with Crippen molar-refractivity contribution >= 4 is 18.1 Å². The minimum Gasteiger partial charge on any atom is -0.493 e. The van der Waals surface area contributed by atoms with Gasteiger partial charge < -0.3 is 9.47 Å². The van der Waals surface area contributed by atoms with Crippen molar-refractivity contribution in [2.24, 2.45) is 4.99 Å². The van der Waals surface area contributed by atoms with Crippen molar-refractivity contribution in [2.45, 2.75) is 57.9 Å². The summed E-state index contributed by atoms with van der Waals surface area (Å²) in [5.41, 5.74) is 3.01. The van der Waals surface area contributed by atoms with Crippen LogP contribution in [0.15, 0.2) is 35.3 Å². The van der Waals surface area contributed by atoms with Crippen molar-refractivity contribution in [2.75, 3.05) is 7.11 Å². The van der Waals surface area contributed by atoms with Crippen LogP contribution in [0.2, 0.25) is 0 Å². The molecule has 0 bridgehead atoms. The van der Waals surface area contributed by atoms with E-state index in [4.69, 9.17) is 14.5 Å². The van der Waals surface area contributed by atoms with Crippen molar-refractivity contribution in [1.29, 1.82) is 0 Å². The Morgan fingerprint density at radius 1 is 1.03 bits per heavy atom. The predicted molar refractivity (Wildman–Crippen MR) is 114 cm³/mol. The molecule has 2 aromatic rings. The summed E-state index contributed by atoms with van der Waals surface area (Å²) in [6.07, 6.45) is -2.96. The summed E-state index contributed by atoms with van der Waals surface area (Å²) in [6, 6.07) is 7.22. The normalized spacial score (nSPS) is 18.5. The molecule has 0 N–H and O–H groups in total. The van der Waals surface area contributed by atoms with Crippen LogP contribution in [0.1, 0.15) is 55.5 Å². The largest absolute Gasteiger partial charge is 0.493 e. The van der Waals surface area contributed by atoms with E-state index in [1.165, 1.54) is 12.1 Å². The monoisotopic (exact) mass is 439 g/mol. The molecule has 0 saturated carbocycles. The maximum absolute atomic E-state index is 13.0. The van der Waals surface area contributed by atoms with Crippen LogP contribution in [0.4, 0.5) is 13.2 Å². The fourth-order valence-electron chi connectivity index (χ4n) is 4.25. The highest BCUT2D eigenvalue weighted by Gasteiger charge is 2.40. The van der Waals surface area contributed by atoms with E-state index in [0.29, 0.717) is 29.2 Å². The van der Waals surface area contributed by atoms with Crippen LogP contribution in [0.3, 0.4) is 0 Å². The van der Waals surface area contributed by atoms with E-state index in [2.05, 4.69) is 0 Å². The van der Waals surface area contributed by atoms with Gasteiger partial charge in [-0.25, -0.2) is 0 Å². The molecule has 0 atom stereocenters. The van der Waals surface area contributed by atoms with Gasteiger partial charge in [0.1, 0.15) is 5.60 Å². The summed E-state index contributed by atoms with van der Waals surface area (Å²) in [4.78, 5) is 4.94. The Morgan fingerprint density at radius 3 is 2.23 bits per heavy atom. The van der Waals surface area contributed by atoms with Gasteiger partial charge in [0.25, 0.3) is 0 Å². The molecule has 3 nitrogen and oxygen atoms in total. The first-order chi connectivity index (χ1) is 13.4. The topological polar surface area (TPSA) is 30.8 Å². The first kappa shape index (κ1) is 22.5. The predicted octanol–water partition coefficient (Wildman–Crippen LogP) is 6.02. The van der Waals surface area contributed by atoms with Crippen molar-refractivity contribution in [3.63, 3.8) is 0 Å². The molecule has 2 aromatic carbocycles. The molecule has 162 valence electrons. The number of alkyl halides is 3. The molecule has 0 saturated heterocycles. The third kappa shape index (κ3) is 3.89. The lowest BCUT2D eigenvalue weighted by atomic mass is 9.81. The van der Waals surface area contributed by atoms with Crippen molar-refractivity contribution in [3.8, 4) is 11.5 Å². The lowest BCUT2D eigenvalue weighted by molar-refractivity contribution is -0.137. The highest BCUT2D eigenvalue weighted by Crippen LogP contribution is 2.47. The second-order valence-electron chi connectivity index (χ2n) is 8.98. The summed E-state index contributed by atoms with van der Waals surface area (Å²) in [7, 11) is 1.62. The number of hydrogen-bond acceptors (Lipinski definition) is 3. The van der Waals surface area contributed by atoms with Gasteiger partial charge in [-0.2, -0.15) is 13.2 Å². The van der Waals surface area contributed by atoms with Crippen molar-refractivity contribution in [3.05, 3.63) is 58.1 Å². The van der Waals surface area contributed by atoms with E-state index in [1.54, 1.807) is 7.11 Å². The Kier molecular flexibility index (Phi) is 5.38. The number of hydrogen-bond donors (Lipinski definition) is 0. The summed E-state index contributed by atoms with van der Waals surface area (Å²) in [5.74, 6) is 1.39. The van der Waals surface area contributed by atoms with Gasteiger partial charge in [-0.15, -0.1) is 12.4 Å². The van der Waals surface area contributed by atoms with Crippen LogP contribution in [-0.2, 0) is 19.0 Å². The number of benzene rings is 2. The van der Waals surface area contributed by atoms with Gasteiger partial charge >= 0.3 is 6.18 Å². The van der Waals surface area contributed by atoms with Crippen LogP contribution in [0.25, 0.3) is 0 Å². The molecule has 0 unspecified atom stereocenters. The summed E-state index contributed by atoms with van der Waals surface area (Å²) in [6.45, 7) is 8.08. The molecule has 0 spiro atoms. The summed E-state index contributed by atoms with van der Waals surface area (Å²) in [5, 5.41) is 0. The smallest absolute Gasteiger partial charge is 0.416 e. The molecule has 30 heavy (non-hydrogen) atoms. The molecule has 2 aliphatic heterocycles. The Balaban J connectivity index is 0.00000256. The van der Waals surface area contributed by atoms with Crippen LogP contribution in [0, 0.1) is 0 Å². The van der Waals surface area contributed by atoms with E-state index < -0.39 is 11.7 Å². The fourth-order valence-corrected chi connectivity index (χ4v) is 4.25. The first-order valence-corrected chi connectivity index (χ1v) is 9.60. The lowest BCUT2D eigenvalue weighted by Gasteiger charge is -2.31. The van der Waals surface area contributed by atoms with E-state index >= 15 is 0 Å². The average Bonchev–Trinajstić information content (AvgIpc) is 2.93. The zero-order valence-electron chi connectivity index (χ0n) is 17.6. The number of ether oxygens (including phenoxy) is 2. The average molecular weight is 440 g/mol. The van der Waals surface area contributed by atoms with Gasteiger partial charge in [-0.3, -0.25) is 4.99 Å². The van der Waals surface area contributed by atoms with Crippen LogP contribution in [-0.4, -0.2) is 24.0 Å². The number of rotatable bonds is 2. The maximum atomic E-state index is 13.0. The van der Waals surface area contributed by atoms with Gasteiger partial charge in [-0.05, 0) is 57.9 Å². The standard InChI is InChI=1S/C23H24F3NO2.ClH/c1-21(2)11-14-10-17(28-5)20-16(12-22(3,4)29-20)18(14)19(27-21)13-6-8-15(9-7-13)23(24,25)26;/h6-10H,11-12H2,1-5H3;1H.